The fraction of sp³-hybridized carbons (Fsp3) is 0.143. The third-order valence-electron chi connectivity index (χ3n) is 2.69. The lowest BCUT2D eigenvalue weighted by molar-refractivity contribution is -0.140. The number of rotatable bonds is 3. The molecule has 0 spiro atoms. The van der Waals surface area contributed by atoms with E-state index in [1.165, 1.54) is 6.07 Å². The van der Waals surface area contributed by atoms with E-state index >= 15 is 0 Å². The van der Waals surface area contributed by atoms with Crippen LogP contribution in [0.2, 0.25) is 0 Å². The Hall–Kier alpha value is -1.31. The van der Waals surface area contributed by atoms with Gasteiger partial charge in [-0.15, -0.1) is 0 Å². The average molecular weight is 395 g/mol. The predicted molar refractivity (Wildman–Crippen MR) is 77.9 cm³/mol. The molecule has 6 heteroatoms. The van der Waals surface area contributed by atoms with Crippen molar-refractivity contribution in [1.29, 1.82) is 0 Å². The molecule has 106 valence electrons. The normalized spacial score (nSPS) is 11.4. The number of anilines is 1. The molecule has 0 unspecified atom stereocenters. The van der Waals surface area contributed by atoms with Crippen molar-refractivity contribution in [2.45, 2.75) is 12.7 Å². The van der Waals surface area contributed by atoms with Crippen LogP contribution in [0.4, 0.5) is 23.2 Å². The highest BCUT2D eigenvalue weighted by Gasteiger charge is 2.34. The van der Waals surface area contributed by atoms with E-state index in [1.807, 2.05) is 24.3 Å². The molecule has 0 aliphatic carbocycles. The molecule has 0 aliphatic heterocycles. The highest BCUT2D eigenvalue weighted by Crippen LogP contribution is 2.32. The Morgan fingerprint density at radius 1 is 1.05 bits per heavy atom. The fourth-order valence-corrected chi connectivity index (χ4v) is 2.28. The molecule has 0 heterocycles. The molecule has 0 saturated carbocycles. The summed E-state index contributed by atoms with van der Waals surface area (Å²) >= 11 is 2.13. The van der Waals surface area contributed by atoms with Crippen molar-refractivity contribution in [3.05, 3.63) is 63.0 Å². The molecule has 1 N–H and O–H groups in total. The monoisotopic (exact) mass is 395 g/mol. The molecule has 0 aliphatic rings. The Morgan fingerprint density at radius 2 is 1.75 bits per heavy atom. The highest BCUT2D eigenvalue weighted by molar-refractivity contribution is 14.1. The number of hydrogen-bond donors (Lipinski definition) is 1. The Kier molecular flexibility index (Phi) is 4.52. The van der Waals surface area contributed by atoms with Gasteiger partial charge in [0, 0.05) is 15.8 Å². The minimum Gasteiger partial charge on any atom is -0.380 e. The lowest BCUT2D eigenvalue weighted by atomic mass is 10.1. The zero-order valence-corrected chi connectivity index (χ0v) is 12.3. The molecule has 2 aromatic rings. The van der Waals surface area contributed by atoms with Crippen LogP contribution in [0, 0.1) is 9.39 Å². The van der Waals surface area contributed by atoms with Crippen molar-refractivity contribution in [2.24, 2.45) is 0 Å². The molecule has 0 amide bonds. The Labute approximate surface area is 127 Å². The second kappa shape index (κ2) is 5.99. The summed E-state index contributed by atoms with van der Waals surface area (Å²) in [6.07, 6.45) is -4.68. The Bertz CT molecular complexity index is 610. The van der Waals surface area contributed by atoms with Gasteiger partial charge in [0.2, 0.25) is 0 Å². The maximum Gasteiger partial charge on any atom is 0.419 e. The van der Waals surface area contributed by atoms with Crippen LogP contribution in [-0.2, 0) is 12.7 Å². The Morgan fingerprint density at radius 3 is 2.40 bits per heavy atom. The SMILES string of the molecule is Fc1ccc(CNc2ccccc2I)cc1C(F)(F)F. The summed E-state index contributed by atoms with van der Waals surface area (Å²) in [7, 11) is 0. The van der Waals surface area contributed by atoms with Gasteiger partial charge in [-0.2, -0.15) is 13.2 Å². The van der Waals surface area contributed by atoms with Gasteiger partial charge in [0.05, 0.1) is 5.56 Å². The molecule has 0 radical (unpaired) electrons. The average Bonchev–Trinajstić information content (AvgIpc) is 2.38. The van der Waals surface area contributed by atoms with Crippen LogP contribution in [0.3, 0.4) is 0 Å². The van der Waals surface area contributed by atoms with Gasteiger partial charge in [-0.3, -0.25) is 0 Å². The van der Waals surface area contributed by atoms with Crippen LogP contribution in [0.1, 0.15) is 11.1 Å². The number of alkyl halides is 3. The van der Waals surface area contributed by atoms with Gasteiger partial charge in [-0.1, -0.05) is 18.2 Å². The Balaban J connectivity index is 2.17. The standard InChI is InChI=1S/C14H10F4IN/c15-11-6-5-9(7-10(11)14(16,17)18)8-20-13-4-2-1-3-12(13)19/h1-7,20H,8H2. The van der Waals surface area contributed by atoms with Crippen molar-refractivity contribution in [1.82, 2.24) is 0 Å². The fourth-order valence-electron chi connectivity index (χ4n) is 1.70. The molecule has 0 atom stereocenters. The van der Waals surface area contributed by atoms with E-state index in [0.717, 1.165) is 21.4 Å². The highest BCUT2D eigenvalue weighted by atomic mass is 127. The third kappa shape index (κ3) is 3.62. The van der Waals surface area contributed by atoms with Crippen LogP contribution >= 0.6 is 22.6 Å². The van der Waals surface area contributed by atoms with Crippen LogP contribution < -0.4 is 5.32 Å². The van der Waals surface area contributed by atoms with Crippen molar-refractivity contribution in [2.75, 3.05) is 5.32 Å². The number of para-hydroxylation sites is 1. The molecule has 2 rings (SSSR count). The van der Waals surface area contributed by atoms with Gasteiger partial charge in [0.25, 0.3) is 0 Å². The van der Waals surface area contributed by atoms with E-state index in [0.29, 0.717) is 5.56 Å². The summed E-state index contributed by atoms with van der Waals surface area (Å²) in [5.41, 5.74) is -0.0380. The molecule has 0 saturated heterocycles. The summed E-state index contributed by atoms with van der Waals surface area (Å²) in [6, 6.07) is 10.4. The molecule has 2 aromatic carbocycles. The first-order chi connectivity index (χ1) is 9.38. The molecular formula is C14H10F4IN. The van der Waals surface area contributed by atoms with E-state index in [1.54, 1.807) is 0 Å². The third-order valence-corrected chi connectivity index (χ3v) is 3.63. The molecule has 0 fully saturated rings. The van der Waals surface area contributed by atoms with Crippen LogP contribution in [0.25, 0.3) is 0 Å². The van der Waals surface area contributed by atoms with Gasteiger partial charge >= 0.3 is 6.18 Å². The van der Waals surface area contributed by atoms with Gasteiger partial charge in [-0.05, 0) is 52.4 Å². The molecule has 20 heavy (non-hydrogen) atoms. The predicted octanol–water partition coefficient (Wildman–Crippen LogP) is 5.06. The zero-order chi connectivity index (χ0) is 14.8. The second-order valence-electron chi connectivity index (χ2n) is 4.15. The van der Waals surface area contributed by atoms with Gasteiger partial charge < -0.3 is 5.32 Å². The number of hydrogen-bond acceptors (Lipinski definition) is 1. The van der Waals surface area contributed by atoms with Crippen LogP contribution in [0.15, 0.2) is 42.5 Å². The molecule has 0 bridgehead atoms. The first kappa shape index (κ1) is 15.1. The maximum absolute atomic E-state index is 13.2. The van der Waals surface area contributed by atoms with Crippen molar-refractivity contribution in [3.63, 3.8) is 0 Å². The number of halogens is 5. The lowest BCUT2D eigenvalue weighted by Gasteiger charge is -2.12. The maximum atomic E-state index is 13.2. The van der Waals surface area contributed by atoms with Crippen molar-refractivity contribution >= 4 is 28.3 Å². The van der Waals surface area contributed by atoms with E-state index in [2.05, 4.69) is 27.9 Å². The van der Waals surface area contributed by atoms with E-state index in [-0.39, 0.29) is 6.54 Å². The number of nitrogens with one attached hydrogen (secondary N) is 1. The zero-order valence-electron chi connectivity index (χ0n) is 10.1. The van der Waals surface area contributed by atoms with Crippen LogP contribution in [0.5, 0.6) is 0 Å². The smallest absolute Gasteiger partial charge is 0.380 e. The minimum atomic E-state index is -4.68. The molecule has 0 aromatic heterocycles. The van der Waals surface area contributed by atoms with E-state index in [4.69, 9.17) is 0 Å². The summed E-state index contributed by atoms with van der Waals surface area (Å²) in [5.74, 6) is -1.25. The van der Waals surface area contributed by atoms with Gasteiger partial charge in [-0.25, -0.2) is 4.39 Å². The summed E-state index contributed by atoms with van der Waals surface area (Å²) in [5, 5.41) is 3.03. The summed E-state index contributed by atoms with van der Waals surface area (Å²) in [4.78, 5) is 0. The van der Waals surface area contributed by atoms with Crippen molar-refractivity contribution < 1.29 is 17.6 Å². The lowest BCUT2D eigenvalue weighted by Crippen LogP contribution is -2.10. The molecule has 1 nitrogen and oxygen atoms in total. The van der Waals surface area contributed by atoms with Gasteiger partial charge in [0.1, 0.15) is 5.82 Å². The summed E-state index contributed by atoms with van der Waals surface area (Å²) < 4.78 is 51.9. The van der Waals surface area contributed by atoms with Crippen LogP contribution in [-0.4, -0.2) is 0 Å². The topological polar surface area (TPSA) is 12.0 Å². The van der Waals surface area contributed by atoms with Gasteiger partial charge in [0.15, 0.2) is 0 Å². The number of benzene rings is 2. The largest absolute Gasteiger partial charge is 0.419 e. The quantitative estimate of drug-likeness (QED) is 0.566. The van der Waals surface area contributed by atoms with Crippen molar-refractivity contribution in [3.8, 4) is 0 Å². The second-order valence-corrected chi connectivity index (χ2v) is 5.31. The van der Waals surface area contributed by atoms with E-state index < -0.39 is 17.6 Å². The summed E-state index contributed by atoms with van der Waals surface area (Å²) in [6.45, 7) is 0.198. The minimum absolute atomic E-state index is 0.198. The first-order valence-electron chi connectivity index (χ1n) is 5.72. The molecular weight excluding hydrogens is 385 g/mol. The van der Waals surface area contributed by atoms with E-state index in [9.17, 15) is 17.6 Å². The first-order valence-corrected chi connectivity index (χ1v) is 6.80.